The molecule has 1 aromatic carbocycles. The molecule has 0 aliphatic rings. The maximum atomic E-state index is 11.2. The lowest BCUT2D eigenvalue weighted by Gasteiger charge is -1.97. The van der Waals surface area contributed by atoms with Crippen LogP contribution in [0.25, 0.3) is 10.2 Å². The number of hydrogen-bond acceptors (Lipinski definition) is 4. The van der Waals surface area contributed by atoms with Gasteiger partial charge in [0.1, 0.15) is 0 Å². The second-order valence-electron chi connectivity index (χ2n) is 2.64. The minimum absolute atomic E-state index is 0.310. The van der Waals surface area contributed by atoms with Crippen molar-refractivity contribution < 1.29 is 9.53 Å². The molecule has 0 atom stereocenters. The fraction of sp³-hybridized carbons (Fsp3) is 0.111. The van der Waals surface area contributed by atoms with E-state index >= 15 is 0 Å². The Bertz CT molecular complexity index is 495. The van der Waals surface area contributed by atoms with E-state index in [0.717, 1.165) is 13.2 Å². The Morgan fingerprint density at radius 2 is 2.36 bits per heavy atom. The van der Waals surface area contributed by atoms with E-state index in [1.54, 1.807) is 23.5 Å². The summed E-state index contributed by atoms with van der Waals surface area (Å²) in [6.45, 7) is 0. The second kappa shape index (κ2) is 3.82. The number of thiazole rings is 1. The number of esters is 1. The molecule has 2 aromatic rings. The molecular formula is C9H6INO2S. The van der Waals surface area contributed by atoms with Gasteiger partial charge in [0, 0.05) is 0 Å². The Kier molecular flexibility index (Phi) is 2.69. The van der Waals surface area contributed by atoms with Crippen molar-refractivity contribution in [2.45, 2.75) is 0 Å². The number of benzene rings is 1. The molecule has 0 aliphatic heterocycles. The van der Waals surface area contributed by atoms with Crippen LogP contribution in [0.1, 0.15) is 10.4 Å². The van der Waals surface area contributed by atoms with E-state index in [2.05, 4.69) is 32.3 Å². The summed E-state index contributed by atoms with van der Waals surface area (Å²) in [6, 6.07) is 5.37. The first-order valence-electron chi connectivity index (χ1n) is 3.85. The lowest BCUT2D eigenvalue weighted by molar-refractivity contribution is 0.0601. The first kappa shape index (κ1) is 9.85. The maximum Gasteiger partial charge on any atom is 0.337 e. The number of hydrogen-bond donors (Lipinski definition) is 0. The molecule has 3 nitrogen and oxygen atoms in total. The average Bonchev–Trinajstić information content (AvgIpc) is 2.55. The van der Waals surface area contributed by atoms with E-state index in [1.165, 1.54) is 7.11 Å². The fourth-order valence-electron chi connectivity index (χ4n) is 1.14. The number of fused-ring (bicyclic) bond motifs is 1. The smallest absolute Gasteiger partial charge is 0.337 e. The van der Waals surface area contributed by atoms with Crippen molar-refractivity contribution in [3.8, 4) is 0 Å². The van der Waals surface area contributed by atoms with Gasteiger partial charge in [0.15, 0.2) is 3.01 Å². The third-order valence-corrected chi connectivity index (χ3v) is 3.49. The SMILES string of the molecule is COC(=O)c1ccc2nc(I)sc2c1. The maximum absolute atomic E-state index is 11.2. The molecule has 0 saturated carbocycles. The zero-order valence-corrected chi connectivity index (χ0v) is 10.3. The Balaban J connectivity index is 2.55. The Hall–Kier alpha value is -0.690. The van der Waals surface area contributed by atoms with Crippen molar-refractivity contribution in [3.63, 3.8) is 0 Å². The van der Waals surface area contributed by atoms with Crippen LogP contribution in [-0.2, 0) is 4.74 Å². The van der Waals surface area contributed by atoms with E-state index in [-0.39, 0.29) is 5.97 Å². The van der Waals surface area contributed by atoms with Crippen molar-refractivity contribution in [1.82, 2.24) is 4.98 Å². The van der Waals surface area contributed by atoms with Gasteiger partial charge in [-0.2, -0.15) is 0 Å². The highest BCUT2D eigenvalue weighted by Gasteiger charge is 2.08. The van der Waals surface area contributed by atoms with Gasteiger partial charge in [-0.05, 0) is 40.8 Å². The van der Waals surface area contributed by atoms with E-state index in [0.29, 0.717) is 5.56 Å². The quantitative estimate of drug-likeness (QED) is 0.599. The molecule has 5 heteroatoms. The molecule has 0 bridgehead atoms. The van der Waals surface area contributed by atoms with Crippen molar-refractivity contribution in [2.75, 3.05) is 7.11 Å². The second-order valence-corrected chi connectivity index (χ2v) is 5.43. The highest BCUT2D eigenvalue weighted by Crippen LogP contribution is 2.24. The summed E-state index contributed by atoms with van der Waals surface area (Å²) in [5, 5.41) is 0. The van der Waals surface area contributed by atoms with Gasteiger partial charge in [0.2, 0.25) is 0 Å². The molecule has 72 valence electrons. The largest absolute Gasteiger partial charge is 0.465 e. The number of ether oxygens (including phenoxy) is 1. The van der Waals surface area contributed by atoms with Gasteiger partial charge in [-0.3, -0.25) is 0 Å². The summed E-state index contributed by atoms with van der Waals surface area (Å²) in [4.78, 5) is 15.5. The van der Waals surface area contributed by atoms with E-state index < -0.39 is 0 Å². The first-order valence-corrected chi connectivity index (χ1v) is 5.74. The van der Waals surface area contributed by atoms with Gasteiger partial charge >= 0.3 is 5.97 Å². The Morgan fingerprint density at radius 1 is 1.57 bits per heavy atom. The van der Waals surface area contributed by atoms with Crippen LogP contribution in [0.15, 0.2) is 18.2 Å². The van der Waals surface area contributed by atoms with Crippen LogP contribution in [0, 0.1) is 3.01 Å². The highest BCUT2D eigenvalue weighted by molar-refractivity contribution is 14.1. The van der Waals surface area contributed by atoms with Crippen molar-refractivity contribution >= 4 is 50.1 Å². The summed E-state index contributed by atoms with van der Waals surface area (Å²) in [6.07, 6.45) is 0. The molecule has 1 aromatic heterocycles. The first-order chi connectivity index (χ1) is 6.70. The molecule has 14 heavy (non-hydrogen) atoms. The summed E-state index contributed by atoms with van der Waals surface area (Å²) in [7, 11) is 1.38. The van der Waals surface area contributed by atoms with Crippen LogP contribution in [0.3, 0.4) is 0 Å². The van der Waals surface area contributed by atoms with Crippen LogP contribution in [-0.4, -0.2) is 18.1 Å². The predicted octanol–water partition coefficient (Wildman–Crippen LogP) is 2.69. The number of aromatic nitrogens is 1. The van der Waals surface area contributed by atoms with Gasteiger partial charge in [-0.1, -0.05) is 0 Å². The summed E-state index contributed by atoms with van der Waals surface area (Å²) in [5.41, 5.74) is 1.49. The molecule has 2 rings (SSSR count). The van der Waals surface area contributed by atoms with Crippen LogP contribution < -0.4 is 0 Å². The molecular weight excluding hydrogens is 313 g/mol. The lowest BCUT2D eigenvalue weighted by Crippen LogP contribution is -1.99. The fourth-order valence-corrected chi connectivity index (χ4v) is 2.84. The summed E-state index contributed by atoms with van der Waals surface area (Å²) in [5.74, 6) is -0.310. The molecule has 0 amide bonds. The van der Waals surface area contributed by atoms with Gasteiger partial charge in [0.05, 0.1) is 22.9 Å². The number of halogens is 1. The molecule has 0 saturated heterocycles. The minimum atomic E-state index is -0.310. The van der Waals surface area contributed by atoms with Crippen molar-refractivity contribution in [3.05, 3.63) is 26.8 Å². The predicted molar refractivity (Wildman–Crippen MR) is 63.7 cm³/mol. The Labute approximate surface area is 98.2 Å². The lowest BCUT2D eigenvalue weighted by atomic mass is 10.2. The standard InChI is InChI=1S/C9H6INO2S/c1-13-8(12)5-2-3-6-7(4-5)14-9(10)11-6/h2-4H,1H3. The van der Waals surface area contributed by atoms with Crippen LogP contribution in [0.4, 0.5) is 0 Å². The monoisotopic (exact) mass is 319 g/mol. The zero-order valence-electron chi connectivity index (χ0n) is 7.28. The van der Waals surface area contributed by atoms with E-state index in [1.807, 2.05) is 6.07 Å². The van der Waals surface area contributed by atoms with Crippen LogP contribution in [0.5, 0.6) is 0 Å². The molecule has 0 spiro atoms. The third kappa shape index (κ3) is 1.74. The number of carbonyl (C=O) groups is 1. The number of nitrogens with zero attached hydrogens (tertiary/aromatic N) is 1. The molecule has 1 heterocycles. The topological polar surface area (TPSA) is 39.2 Å². The van der Waals surface area contributed by atoms with Gasteiger partial charge in [0.25, 0.3) is 0 Å². The number of rotatable bonds is 1. The third-order valence-electron chi connectivity index (χ3n) is 1.78. The summed E-state index contributed by atoms with van der Waals surface area (Å²) >= 11 is 3.72. The van der Waals surface area contributed by atoms with E-state index in [9.17, 15) is 4.79 Å². The average molecular weight is 319 g/mol. The molecule has 0 unspecified atom stereocenters. The van der Waals surface area contributed by atoms with Gasteiger partial charge in [-0.15, -0.1) is 11.3 Å². The summed E-state index contributed by atoms with van der Waals surface area (Å²) < 4.78 is 6.62. The molecule has 0 fully saturated rings. The van der Waals surface area contributed by atoms with Gasteiger partial charge in [-0.25, -0.2) is 9.78 Å². The van der Waals surface area contributed by atoms with Gasteiger partial charge < -0.3 is 4.74 Å². The Morgan fingerprint density at radius 3 is 3.07 bits per heavy atom. The number of carbonyl (C=O) groups excluding carboxylic acids is 1. The van der Waals surface area contributed by atoms with Crippen molar-refractivity contribution in [2.24, 2.45) is 0 Å². The van der Waals surface area contributed by atoms with E-state index in [4.69, 9.17) is 0 Å². The highest BCUT2D eigenvalue weighted by atomic mass is 127. The number of methoxy groups -OCH3 is 1. The molecule has 0 radical (unpaired) electrons. The minimum Gasteiger partial charge on any atom is -0.465 e. The van der Waals surface area contributed by atoms with Crippen LogP contribution in [0.2, 0.25) is 0 Å². The van der Waals surface area contributed by atoms with Crippen molar-refractivity contribution in [1.29, 1.82) is 0 Å². The van der Waals surface area contributed by atoms with Crippen LogP contribution >= 0.6 is 33.9 Å². The normalized spacial score (nSPS) is 10.4. The molecule has 0 aliphatic carbocycles. The zero-order chi connectivity index (χ0) is 10.1. The molecule has 0 N–H and O–H groups in total.